The Morgan fingerprint density at radius 1 is 0.875 bits per heavy atom. The van der Waals surface area contributed by atoms with E-state index in [-0.39, 0.29) is 30.5 Å². The van der Waals surface area contributed by atoms with Crippen LogP contribution in [0.1, 0.15) is 25.0 Å². The number of anilines is 1. The molecule has 0 aromatic heterocycles. The molecule has 40 heavy (non-hydrogen) atoms. The lowest BCUT2D eigenvalue weighted by molar-refractivity contribution is -0.140. The lowest BCUT2D eigenvalue weighted by atomic mass is 10.0. The van der Waals surface area contributed by atoms with E-state index in [0.717, 1.165) is 16.1 Å². The van der Waals surface area contributed by atoms with Gasteiger partial charge in [0.1, 0.15) is 12.6 Å². The summed E-state index contributed by atoms with van der Waals surface area (Å²) in [5.74, 6) is -0.721. The van der Waals surface area contributed by atoms with Crippen molar-refractivity contribution in [3.63, 3.8) is 0 Å². The molecule has 11 heteroatoms. The van der Waals surface area contributed by atoms with E-state index in [2.05, 4.69) is 5.32 Å². The number of rotatable bonds is 12. The number of nitrogens with zero attached hydrogens (tertiary/aromatic N) is 2. The van der Waals surface area contributed by atoms with Crippen molar-refractivity contribution in [1.29, 1.82) is 0 Å². The molecule has 1 N–H and O–H groups in total. The molecule has 1 atom stereocenters. The molecule has 0 heterocycles. The molecule has 3 aromatic carbocycles. The van der Waals surface area contributed by atoms with Gasteiger partial charge >= 0.3 is 0 Å². The maximum Gasteiger partial charge on any atom is 0.244 e. The molecule has 214 valence electrons. The van der Waals surface area contributed by atoms with Gasteiger partial charge in [-0.05, 0) is 53.4 Å². The van der Waals surface area contributed by atoms with Crippen molar-refractivity contribution in [3.05, 3.63) is 99.0 Å². The van der Waals surface area contributed by atoms with Gasteiger partial charge in [-0.1, -0.05) is 85.0 Å². The second-order valence-corrected chi connectivity index (χ2v) is 13.0. The van der Waals surface area contributed by atoms with Gasteiger partial charge in [0.2, 0.25) is 21.8 Å². The standard InChI is InChI=1S/C29H32Cl3N3O4S/c1-20(2)17-33-29(37)27(16-21-7-5-4-6-8-21)34(18-22-9-14-25(31)26(32)15-22)28(36)19-35(40(3,38)39)24-12-10-23(30)11-13-24/h4-15,20,27H,16-19H2,1-3H3,(H,33,37). The summed E-state index contributed by atoms with van der Waals surface area (Å²) in [5, 5.41) is 4.02. The lowest BCUT2D eigenvalue weighted by Gasteiger charge is -2.33. The van der Waals surface area contributed by atoms with Gasteiger partial charge in [0, 0.05) is 24.5 Å². The van der Waals surface area contributed by atoms with Crippen molar-refractivity contribution >= 4 is 62.3 Å². The summed E-state index contributed by atoms with van der Waals surface area (Å²) < 4.78 is 26.6. The Bertz CT molecular complexity index is 1420. The zero-order valence-electron chi connectivity index (χ0n) is 22.5. The summed E-state index contributed by atoms with van der Waals surface area (Å²) in [6.07, 6.45) is 1.24. The lowest BCUT2D eigenvalue weighted by Crippen LogP contribution is -2.53. The molecule has 0 bridgehead atoms. The first kappa shape index (κ1) is 31.7. The van der Waals surface area contributed by atoms with Crippen molar-refractivity contribution < 1.29 is 18.0 Å². The minimum atomic E-state index is -3.87. The van der Waals surface area contributed by atoms with Crippen LogP contribution in [0, 0.1) is 5.92 Å². The zero-order chi connectivity index (χ0) is 29.4. The van der Waals surface area contributed by atoms with E-state index in [1.54, 1.807) is 30.3 Å². The predicted octanol–water partition coefficient (Wildman–Crippen LogP) is 5.83. The molecule has 0 aliphatic carbocycles. The maximum atomic E-state index is 14.0. The molecule has 0 fully saturated rings. The summed E-state index contributed by atoms with van der Waals surface area (Å²) in [5.41, 5.74) is 1.75. The van der Waals surface area contributed by atoms with Crippen LogP contribution in [0.4, 0.5) is 5.69 Å². The topological polar surface area (TPSA) is 86.8 Å². The fraction of sp³-hybridized carbons (Fsp3) is 0.310. The molecule has 3 aromatic rings. The van der Waals surface area contributed by atoms with Gasteiger partial charge in [-0.3, -0.25) is 13.9 Å². The third kappa shape index (κ3) is 9.13. The number of carbonyl (C=O) groups is 2. The molecule has 3 rings (SSSR count). The van der Waals surface area contributed by atoms with Crippen LogP contribution in [0.15, 0.2) is 72.8 Å². The van der Waals surface area contributed by atoms with Gasteiger partial charge in [-0.2, -0.15) is 0 Å². The first-order valence-electron chi connectivity index (χ1n) is 12.6. The second kappa shape index (κ2) is 14.2. The Kier molecular flexibility index (Phi) is 11.3. The van der Waals surface area contributed by atoms with Gasteiger partial charge in [0.15, 0.2) is 0 Å². The van der Waals surface area contributed by atoms with Crippen molar-refractivity contribution in [2.75, 3.05) is 23.7 Å². The maximum absolute atomic E-state index is 14.0. The zero-order valence-corrected chi connectivity index (χ0v) is 25.6. The number of benzene rings is 3. The molecule has 0 saturated heterocycles. The molecule has 7 nitrogen and oxygen atoms in total. The quantitative estimate of drug-likeness (QED) is 0.275. The van der Waals surface area contributed by atoms with Crippen molar-refractivity contribution in [2.45, 2.75) is 32.9 Å². The number of nitrogens with one attached hydrogen (secondary N) is 1. The van der Waals surface area contributed by atoms with Crippen LogP contribution in [0.2, 0.25) is 15.1 Å². The molecular weight excluding hydrogens is 593 g/mol. The highest BCUT2D eigenvalue weighted by molar-refractivity contribution is 7.92. The minimum Gasteiger partial charge on any atom is -0.354 e. The van der Waals surface area contributed by atoms with Gasteiger partial charge in [0.25, 0.3) is 0 Å². The summed E-state index contributed by atoms with van der Waals surface area (Å²) in [6, 6.07) is 19.5. The average Bonchev–Trinajstić information content (AvgIpc) is 2.90. The highest BCUT2D eigenvalue weighted by Gasteiger charge is 2.33. The molecule has 0 spiro atoms. The van der Waals surface area contributed by atoms with E-state index in [9.17, 15) is 18.0 Å². The fourth-order valence-corrected chi connectivity index (χ4v) is 5.33. The van der Waals surface area contributed by atoms with Crippen LogP contribution >= 0.6 is 34.8 Å². The van der Waals surface area contributed by atoms with Crippen LogP contribution in [0.5, 0.6) is 0 Å². The summed E-state index contributed by atoms with van der Waals surface area (Å²) in [7, 11) is -3.87. The van der Waals surface area contributed by atoms with Crippen LogP contribution in [-0.4, -0.2) is 50.5 Å². The Morgan fingerprint density at radius 2 is 1.52 bits per heavy atom. The van der Waals surface area contributed by atoms with Gasteiger partial charge < -0.3 is 10.2 Å². The number of hydrogen-bond acceptors (Lipinski definition) is 4. The number of sulfonamides is 1. The second-order valence-electron chi connectivity index (χ2n) is 9.86. The van der Waals surface area contributed by atoms with Gasteiger partial charge in [-0.25, -0.2) is 8.42 Å². The highest BCUT2D eigenvalue weighted by Crippen LogP contribution is 2.25. The Hall–Kier alpha value is -2.78. The monoisotopic (exact) mass is 623 g/mol. The van der Waals surface area contributed by atoms with Crippen LogP contribution in [0.3, 0.4) is 0 Å². The first-order chi connectivity index (χ1) is 18.8. The largest absolute Gasteiger partial charge is 0.354 e. The smallest absolute Gasteiger partial charge is 0.244 e. The highest BCUT2D eigenvalue weighted by atomic mass is 35.5. The van der Waals surface area contributed by atoms with Crippen molar-refractivity contribution in [3.8, 4) is 0 Å². The van der Waals surface area contributed by atoms with Crippen LogP contribution in [0.25, 0.3) is 0 Å². The van der Waals surface area contributed by atoms with Gasteiger partial charge in [-0.15, -0.1) is 0 Å². The Balaban J connectivity index is 2.06. The fourth-order valence-electron chi connectivity index (χ4n) is 4.03. The SMILES string of the molecule is CC(C)CNC(=O)C(Cc1ccccc1)N(Cc1ccc(Cl)c(Cl)c1)C(=O)CN(c1ccc(Cl)cc1)S(C)(=O)=O. The van der Waals surface area contributed by atoms with Crippen LogP contribution in [-0.2, 0) is 32.6 Å². The normalized spacial score (nSPS) is 12.2. The van der Waals surface area contributed by atoms with Gasteiger partial charge in [0.05, 0.1) is 22.0 Å². The van der Waals surface area contributed by atoms with E-state index in [0.29, 0.717) is 27.2 Å². The third-order valence-corrected chi connectivity index (χ3v) is 8.22. The van der Waals surface area contributed by atoms with Crippen molar-refractivity contribution in [2.24, 2.45) is 5.92 Å². The molecular formula is C29H32Cl3N3O4S. The Labute approximate surface area is 251 Å². The molecule has 0 saturated carbocycles. The molecule has 0 aliphatic rings. The van der Waals surface area contributed by atoms with Crippen LogP contribution < -0.4 is 9.62 Å². The minimum absolute atomic E-state index is 0.000536. The predicted molar refractivity (Wildman–Crippen MR) is 162 cm³/mol. The first-order valence-corrected chi connectivity index (χ1v) is 15.6. The van der Waals surface area contributed by atoms with E-state index >= 15 is 0 Å². The molecule has 2 amide bonds. The number of amides is 2. The Morgan fingerprint density at radius 3 is 2.10 bits per heavy atom. The van der Waals surface area contributed by atoms with E-state index < -0.39 is 28.5 Å². The average molecular weight is 625 g/mol. The summed E-state index contributed by atoms with van der Waals surface area (Å²) in [4.78, 5) is 29.0. The van der Waals surface area contributed by atoms with Crippen molar-refractivity contribution in [1.82, 2.24) is 10.2 Å². The van der Waals surface area contributed by atoms with E-state index in [4.69, 9.17) is 34.8 Å². The number of halogens is 3. The summed E-state index contributed by atoms with van der Waals surface area (Å²) in [6.45, 7) is 3.84. The molecule has 1 unspecified atom stereocenters. The number of hydrogen-bond donors (Lipinski definition) is 1. The van der Waals surface area contributed by atoms with E-state index in [1.165, 1.54) is 17.0 Å². The molecule has 0 aliphatic heterocycles. The third-order valence-electron chi connectivity index (χ3n) is 6.09. The van der Waals surface area contributed by atoms with E-state index in [1.807, 2.05) is 44.2 Å². The molecule has 0 radical (unpaired) electrons. The number of carbonyl (C=O) groups excluding carboxylic acids is 2. The summed E-state index contributed by atoms with van der Waals surface area (Å²) >= 11 is 18.4.